The number of fused-ring (bicyclic) bond motifs is 1. The average molecular weight is 281 g/mol. The topological polar surface area (TPSA) is 35.2 Å². The molecule has 0 heterocycles. The Morgan fingerprint density at radius 3 is 2.71 bits per heavy atom. The van der Waals surface area contributed by atoms with E-state index in [2.05, 4.69) is 36.4 Å². The minimum absolute atomic E-state index is 0.119. The van der Waals surface area contributed by atoms with E-state index in [1.54, 1.807) is 7.11 Å². The van der Waals surface area contributed by atoms with Crippen molar-refractivity contribution in [3.05, 3.63) is 65.2 Å². The molecule has 1 aliphatic carbocycles. The predicted molar refractivity (Wildman–Crippen MR) is 86.5 cm³/mol. The standard InChI is InChI=1S/C19H23NO/c1-21-18-12-5-3-8-15(18)13-16-10-6-9-14-7-2-4-11-17(14)19(16)20/h2-5,7-8,11-12,16,19H,6,9-10,13,20H2,1H3. The molecular formula is C19H23NO. The number of para-hydroxylation sites is 1. The van der Waals surface area contributed by atoms with E-state index in [0.29, 0.717) is 5.92 Å². The molecule has 0 saturated carbocycles. The van der Waals surface area contributed by atoms with Crippen LogP contribution in [0.4, 0.5) is 0 Å². The van der Waals surface area contributed by atoms with Gasteiger partial charge in [-0.05, 0) is 54.4 Å². The fraction of sp³-hybridized carbons (Fsp3) is 0.368. The SMILES string of the molecule is COc1ccccc1CC1CCCc2ccccc2C1N. The Morgan fingerprint density at radius 1 is 1.10 bits per heavy atom. The Bertz CT molecular complexity index is 608. The third kappa shape index (κ3) is 2.96. The van der Waals surface area contributed by atoms with Crippen molar-refractivity contribution in [3.8, 4) is 5.75 Å². The summed E-state index contributed by atoms with van der Waals surface area (Å²) in [5.41, 5.74) is 10.6. The molecule has 2 heteroatoms. The molecule has 2 atom stereocenters. The van der Waals surface area contributed by atoms with E-state index in [-0.39, 0.29) is 6.04 Å². The quantitative estimate of drug-likeness (QED) is 0.866. The zero-order chi connectivity index (χ0) is 14.7. The number of benzene rings is 2. The van der Waals surface area contributed by atoms with Gasteiger partial charge >= 0.3 is 0 Å². The van der Waals surface area contributed by atoms with Crippen LogP contribution in [0.1, 0.15) is 35.6 Å². The van der Waals surface area contributed by atoms with Gasteiger partial charge in [0.25, 0.3) is 0 Å². The van der Waals surface area contributed by atoms with Crippen LogP contribution < -0.4 is 10.5 Å². The molecule has 0 spiro atoms. The first-order valence-corrected chi connectivity index (χ1v) is 7.75. The van der Waals surface area contributed by atoms with Crippen LogP contribution >= 0.6 is 0 Å². The molecule has 0 bridgehead atoms. The summed E-state index contributed by atoms with van der Waals surface area (Å²) in [5.74, 6) is 1.45. The van der Waals surface area contributed by atoms with Crippen LogP contribution in [-0.2, 0) is 12.8 Å². The van der Waals surface area contributed by atoms with Gasteiger partial charge in [0.1, 0.15) is 5.75 Å². The fourth-order valence-corrected chi connectivity index (χ4v) is 3.46. The molecule has 0 aromatic heterocycles. The first-order valence-electron chi connectivity index (χ1n) is 7.75. The van der Waals surface area contributed by atoms with Crippen molar-refractivity contribution in [2.45, 2.75) is 31.7 Å². The molecule has 0 aliphatic heterocycles. The lowest BCUT2D eigenvalue weighted by Gasteiger charge is -2.24. The number of aryl methyl sites for hydroxylation is 1. The van der Waals surface area contributed by atoms with E-state index >= 15 is 0 Å². The van der Waals surface area contributed by atoms with Gasteiger partial charge in [0, 0.05) is 6.04 Å². The van der Waals surface area contributed by atoms with Crippen molar-refractivity contribution in [1.82, 2.24) is 0 Å². The Kier molecular flexibility index (Phi) is 4.26. The molecule has 2 unspecified atom stereocenters. The van der Waals surface area contributed by atoms with Gasteiger partial charge in [-0.1, -0.05) is 42.5 Å². The van der Waals surface area contributed by atoms with Gasteiger partial charge in [0.15, 0.2) is 0 Å². The Labute approximate surface area is 126 Å². The number of hydrogen-bond acceptors (Lipinski definition) is 2. The number of methoxy groups -OCH3 is 1. The maximum atomic E-state index is 6.59. The molecule has 2 N–H and O–H groups in total. The van der Waals surface area contributed by atoms with Crippen LogP contribution in [0.5, 0.6) is 5.75 Å². The summed E-state index contributed by atoms with van der Waals surface area (Å²) in [6.07, 6.45) is 4.52. The van der Waals surface area contributed by atoms with Crippen LogP contribution in [0.3, 0.4) is 0 Å². The molecule has 2 nitrogen and oxygen atoms in total. The maximum Gasteiger partial charge on any atom is 0.122 e. The van der Waals surface area contributed by atoms with Crippen molar-refractivity contribution < 1.29 is 4.74 Å². The molecule has 2 aromatic carbocycles. The van der Waals surface area contributed by atoms with E-state index in [9.17, 15) is 0 Å². The Morgan fingerprint density at radius 2 is 1.86 bits per heavy atom. The fourth-order valence-electron chi connectivity index (χ4n) is 3.46. The van der Waals surface area contributed by atoms with Crippen molar-refractivity contribution in [1.29, 1.82) is 0 Å². The lowest BCUT2D eigenvalue weighted by Crippen LogP contribution is -2.23. The second-order valence-electron chi connectivity index (χ2n) is 5.89. The third-order valence-electron chi connectivity index (χ3n) is 4.62. The van der Waals surface area contributed by atoms with Crippen LogP contribution in [0.15, 0.2) is 48.5 Å². The molecule has 0 radical (unpaired) electrons. The third-order valence-corrected chi connectivity index (χ3v) is 4.62. The number of ether oxygens (including phenoxy) is 1. The summed E-state index contributed by atoms with van der Waals surface area (Å²) >= 11 is 0. The van der Waals surface area contributed by atoms with Gasteiger partial charge < -0.3 is 10.5 Å². The Balaban J connectivity index is 1.86. The van der Waals surface area contributed by atoms with Crippen molar-refractivity contribution >= 4 is 0 Å². The zero-order valence-electron chi connectivity index (χ0n) is 12.6. The predicted octanol–water partition coefficient (Wildman–Crippen LogP) is 3.89. The van der Waals surface area contributed by atoms with Gasteiger partial charge in [0.05, 0.1) is 7.11 Å². The zero-order valence-corrected chi connectivity index (χ0v) is 12.6. The first kappa shape index (κ1) is 14.2. The normalized spacial score (nSPS) is 21.4. The second-order valence-corrected chi connectivity index (χ2v) is 5.89. The van der Waals surface area contributed by atoms with Crippen LogP contribution in [-0.4, -0.2) is 7.11 Å². The summed E-state index contributed by atoms with van der Waals surface area (Å²) in [6.45, 7) is 0. The van der Waals surface area contributed by atoms with E-state index < -0.39 is 0 Å². The highest BCUT2D eigenvalue weighted by atomic mass is 16.5. The lowest BCUT2D eigenvalue weighted by molar-refractivity contribution is 0.379. The molecule has 0 fully saturated rings. The van der Waals surface area contributed by atoms with Crippen LogP contribution in [0.25, 0.3) is 0 Å². The second kappa shape index (κ2) is 6.31. The highest BCUT2D eigenvalue weighted by Gasteiger charge is 2.25. The first-order chi connectivity index (χ1) is 10.3. The highest BCUT2D eigenvalue weighted by Crippen LogP contribution is 2.35. The lowest BCUT2D eigenvalue weighted by atomic mass is 9.86. The van der Waals surface area contributed by atoms with Gasteiger partial charge in [0.2, 0.25) is 0 Å². The largest absolute Gasteiger partial charge is 0.496 e. The number of hydrogen-bond donors (Lipinski definition) is 1. The Hall–Kier alpha value is -1.80. The van der Waals surface area contributed by atoms with Gasteiger partial charge in [-0.25, -0.2) is 0 Å². The van der Waals surface area contributed by atoms with E-state index in [4.69, 9.17) is 10.5 Å². The summed E-state index contributed by atoms with van der Waals surface area (Å²) in [7, 11) is 1.74. The number of nitrogens with two attached hydrogens (primary N) is 1. The summed E-state index contributed by atoms with van der Waals surface area (Å²) in [4.78, 5) is 0. The molecule has 2 aromatic rings. The van der Waals surface area contributed by atoms with Crippen LogP contribution in [0.2, 0.25) is 0 Å². The summed E-state index contributed by atoms with van der Waals surface area (Å²) in [6, 6.07) is 17.0. The minimum atomic E-state index is 0.119. The maximum absolute atomic E-state index is 6.59. The van der Waals surface area contributed by atoms with E-state index in [1.807, 2.05) is 12.1 Å². The van der Waals surface area contributed by atoms with E-state index in [1.165, 1.54) is 29.5 Å². The van der Waals surface area contributed by atoms with Gasteiger partial charge in [-0.15, -0.1) is 0 Å². The van der Waals surface area contributed by atoms with Crippen molar-refractivity contribution in [2.75, 3.05) is 7.11 Å². The van der Waals surface area contributed by atoms with E-state index in [0.717, 1.165) is 18.6 Å². The smallest absolute Gasteiger partial charge is 0.122 e. The van der Waals surface area contributed by atoms with Crippen LogP contribution in [0, 0.1) is 5.92 Å². The molecule has 1 aliphatic rings. The molecule has 110 valence electrons. The van der Waals surface area contributed by atoms with Gasteiger partial charge in [-0.3, -0.25) is 0 Å². The molecule has 21 heavy (non-hydrogen) atoms. The average Bonchev–Trinajstić information content (AvgIpc) is 2.68. The van der Waals surface area contributed by atoms with Crippen molar-refractivity contribution in [2.24, 2.45) is 11.7 Å². The summed E-state index contributed by atoms with van der Waals surface area (Å²) in [5, 5.41) is 0. The molecule has 0 saturated heterocycles. The highest BCUT2D eigenvalue weighted by molar-refractivity contribution is 5.35. The molecule has 3 rings (SSSR count). The minimum Gasteiger partial charge on any atom is -0.496 e. The number of rotatable bonds is 3. The molecule has 0 amide bonds. The summed E-state index contributed by atoms with van der Waals surface area (Å²) < 4.78 is 5.48. The van der Waals surface area contributed by atoms with Crippen molar-refractivity contribution in [3.63, 3.8) is 0 Å². The molecular weight excluding hydrogens is 258 g/mol. The van der Waals surface area contributed by atoms with Gasteiger partial charge in [-0.2, -0.15) is 0 Å². The monoisotopic (exact) mass is 281 g/mol.